The molecule has 0 heterocycles. The molecule has 0 saturated heterocycles. The lowest BCUT2D eigenvalue weighted by atomic mass is 10.4. The van der Waals surface area contributed by atoms with Crippen LogP contribution in [0.5, 0.6) is 0 Å². The van der Waals surface area contributed by atoms with Crippen molar-refractivity contribution in [3.05, 3.63) is 0 Å². The first-order valence-corrected chi connectivity index (χ1v) is 17.1. The van der Waals surface area contributed by atoms with Crippen molar-refractivity contribution >= 4 is 35.9 Å². The van der Waals surface area contributed by atoms with Crippen LogP contribution in [-0.4, -0.2) is 25.0 Å². The average Bonchev–Trinajstić information content (AvgIpc) is 2.18. The summed E-state index contributed by atoms with van der Waals surface area (Å²) in [4.78, 5) is 0. The van der Waals surface area contributed by atoms with Crippen molar-refractivity contribution in [2.45, 2.75) is 65.7 Å². The molecule has 0 unspecified atom stereocenters. The number of rotatable bonds is 9. The summed E-state index contributed by atoms with van der Waals surface area (Å²) in [5.41, 5.74) is 0. The predicted octanol–water partition coefficient (Wildman–Crippen LogP) is 5.54. The smallest absolute Gasteiger partial charge is 0.115 e. The summed E-state index contributed by atoms with van der Waals surface area (Å²) >= 11 is 4.70. The molecule has 4 heteroatoms. The molecule has 0 amide bonds. The van der Waals surface area contributed by atoms with Crippen molar-refractivity contribution in [1.82, 2.24) is 0 Å². The van der Waals surface area contributed by atoms with E-state index in [1.54, 1.807) is 0 Å². The van der Waals surface area contributed by atoms with Crippen molar-refractivity contribution < 1.29 is 0 Å². The minimum absolute atomic E-state index is 1.000. The van der Waals surface area contributed by atoms with Crippen LogP contribution in [0.2, 0.25) is 26.2 Å². The molecule has 98 valence electrons. The third kappa shape index (κ3) is 6.17. The van der Waals surface area contributed by atoms with E-state index in [9.17, 15) is 0 Å². The highest BCUT2D eigenvalue weighted by molar-refractivity contribution is 8.49. The predicted molar refractivity (Wildman–Crippen MR) is 89.7 cm³/mol. The lowest BCUT2D eigenvalue weighted by Gasteiger charge is -2.37. The van der Waals surface area contributed by atoms with Gasteiger partial charge in [0.15, 0.2) is 0 Å². The fraction of sp³-hybridized carbons (Fsp3) is 1.00. The number of unbranched alkanes of at least 4 members (excludes halogenated alkanes) is 2. The molecule has 0 N–H and O–H groups in total. The van der Waals surface area contributed by atoms with Crippen LogP contribution in [0.3, 0.4) is 0 Å². The largest absolute Gasteiger partial charge is 0.188 e. The Bertz CT molecular complexity index is 162. The van der Waals surface area contributed by atoms with Gasteiger partial charge in [0.05, 0.1) is 0 Å². The molecule has 0 aliphatic rings. The average molecular weight is 295 g/mol. The molecule has 0 aliphatic heterocycles. The quantitative estimate of drug-likeness (QED) is 0.404. The summed E-state index contributed by atoms with van der Waals surface area (Å²) in [7, 11) is 0. The zero-order valence-electron chi connectivity index (χ0n) is 12.1. The molecule has 0 aromatic rings. The number of hydrogen-bond donors (Lipinski definition) is 0. The zero-order chi connectivity index (χ0) is 12.7. The highest BCUT2D eigenvalue weighted by atomic mass is 32.4. The van der Waals surface area contributed by atoms with Crippen molar-refractivity contribution in [3.63, 3.8) is 0 Å². The van der Waals surface area contributed by atoms with E-state index in [1.807, 2.05) is 0 Å². The molecule has 0 aliphatic carbocycles. The van der Waals surface area contributed by atoms with Crippen molar-refractivity contribution in [2.75, 3.05) is 11.5 Å². The van der Waals surface area contributed by atoms with Crippen LogP contribution < -0.4 is 0 Å². The topological polar surface area (TPSA) is 0 Å². The third-order valence-corrected chi connectivity index (χ3v) is 35.9. The molecule has 0 aromatic carbocycles. The minimum Gasteiger partial charge on any atom is -0.188 e. The van der Waals surface area contributed by atoms with Gasteiger partial charge in [-0.25, -0.2) is 0 Å². The van der Waals surface area contributed by atoms with Crippen LogP contribution in [0.15, 0.2) is 0 Å². The first-order valence-electron chi connectivity index (χ1n) is 6.65. The Morgan fingerprint density at radius 1 is 0.688 bits per heavy atom. The van der Waals surface area contributed by atoms with Gasteiger partial charge in [-0.1, -0.05) is 52.9 Å². The van der Waals surface area contributed by atoms with Crippen LogP contribution in [0.1, 0.15) is 39.5 Å². The lowest BCUT2D eigenvalue weighted by Crippen LogP contribution is -2.50. The standard InChI is InChI=1S/C12H30S2Si2/c1-7-9-11-13-15(3,4)16(5,6)14-12-10-8-2/h7-12H2,1-6H3. The van der Waals surface area contributed by atoms with Gasteiger partial charge in [0.2, 0.25) is 0 Å². The highest BCUT2D eigenvalue weighted by Gasteiger charge is 2.41. The fourth-order valence-electron chi connectivity index (χ4n) is 1.29. The molecule has 0 bridgehead atoms. The maximum absolute atomic E-state index is 2.61. The molecule has 0 saturated carbocycles. The number of hydrogen-bond acceptors (Lipinski definition) is 2. The highest BCUT2D eigenvalue weighted by Crippen LogP contribution is 2.38. The summed E-state index contributed by atoms with van der Waals surface area (Å²) in [6.45, 7) is 13.0. The van der Waals surface area contributed by atoms with Crippen LogP contribution in [0.4, 0.5) is 0 Å². The molecule has 0 spiro atoms. The third-order valence-electron chi connectivity index (χ3n) is 3.37. The maximum Gasteiger partial charge on any atom is 0.115 e. The summed E-state index contributed by atoms with van der Waals surface area (Å²) in [6, 6.07) is 0. The molecule has 0 radical (unpaired) electrons. The first-order chi connectivity index (χ1) is 7.37. The Kier molecular flexibility index (Phi) is 8.86. The Labute approximate surface area is 113 Å². The Morgan fingerprint density at radius 3 is 1.25 bits per heavy atom. The van der Waals surface area contributed by atoms with Crippen LogP contribution in [0.25, 0.3) is 0 Å². The van der Waals surface area contributed by atoms with Crippen LogP contribution in [0, 0.1) is 0 Å². The van der Waals surface area contributed by atoms with Gasteiger partial charge in [-0.05, 0) is 24.3 Å². The van der Waals surface area contributed by atoms with E-state index in [-0.39, 0.29) is 0 Å². The van der Waals surface area contributed by atoms with Gasteiger partial charge >= 0.3 is 0 Å². The SMILES string of the molecule is CCCCS[Si](C)(C)[Si](C)(C)SCCCC. The summed E-state index contributed by atoms with van der Waals surface area (Å²) < 4.78 is 0. The normalized spacial score (nSPS) is 13.1. The van der Waals surface area contributed by atoms with E-state index >= 15 is 0 Å². The molecule has 0 atom stereocenters. The minimum atomic E-state index is -1.000. The Balaban J connectivity index is 4.11. The van der Waals surface area contributed by atoms with Gasteiger partial charge < -0.3 is 0 Å². The molecule has 0 rings (SSSR count). The van der Waals surface area contributed by atoms with E-state index in [4.69, 9.17) is 0 Å². The first kappa shape index (κ1) is 17.1. The molecule has 0 aromatic heterocycles. The van der Waals surface area contributed by atoms with Gasteiger partial charge in [0, 0.05) is 0 Å². The summed E-state index contributed by atoms with van der Waals surface area (Å²) in [5.74, 6) is 2.81. The maximum atomic E-state index is 2.61. The van der Waals surface area contributed by atoms with E-state index in [2.05, 4.69) is 62.5 Å². The second kappa shape index (κ2) is 8.27. The van der Waals surface area contributed by atoms with E-state index in [0.29, 0.717) is 0 Å². The Hall–Kier alpha value is 1.13. The molecule has 16 heavy (non-hydrogen) atoms. The van der Waals surface area contributed by atoms with Gasteiger partial charge in [-0.15, -0.1) is 0 Å². The second-order valence-electron chi connectivity index (χ2n) is 5.42. The summed E-state index contributed by atoms with van der Waals surface area (Å²) in [5, 5.41) is 0. The van der Waals surface area contributed by atoms with Crippen molar-refractivity contribution in [1.29, 1.82) is 0 Å². The lowest BCUT2D eigenvalue weighted by molar-refractivity contribution is 0.898. The van der Waals surface area contributed by atoms with Gasteiger partial charge in [0.25, 0.3) is 0 Å². The fourth-order valence-corrected chi connectivity index (χ4v) is 21.2. The second-order valence-corrected chi connectivity index (χ2v) is 30.4. The molecule has 0 fully saturated rings. The molecular weight excluding hydrogens is 264 g/mol. The van der Waals surface area contributed by atoms with E-state index in [1.165, 1.54) is 37.2 Å². The van der Waals surface area contributed by atoms with Crippen molar-refractivity contribution in [2.24, 2.45) is 0 Å². The van der Waals surface area contributed by atoms with E-state index in [0.717, 1.165) is 0 Å². The zero-order valence-corrected chi connectivity index (χ0v) is 15.7. The Morgan fingerprint density at radius 2 is 1.00 bits per heavy atom. The molecular formula is C12H30S2Si2. The van der Waals surface area contributed by atoms with E-state index < -0.39 is 13.5 Å². The van der Waals surface area contributed by atoms with Gasteiger partial charge in [-0.2, -0.15) is 22.4 Å². The van der Waals surface area contributed by atoms with Gasteiger partial charge in [0.1, 0.15) is 13.5 Å². The summed E-state index contributed by atoms with van der Waals surface area (Å²) in [6.07, 6.45) is 5.52. The van der Waals surface area contributed by atoms with Crippen molar-refractivity contribution in [3.8, 4) is 0 Å². The monoisotopic (exact) mass is 294 g/mol. The van der Waals surface area contributed by atoms with Gasteiger partial charge in [-0.3, -0.25) is 0 Å². The molecule has 0 nitrogen and oxygen atoms in total. The van der Waals surface area contributed by atoms with Crippen LogP contribution >= 0.6 is 22.4 Å². The van der Waals surface area contributed by atoms with Crippen LogP contribution in [-0.2, 0) is 0 Å².